The predicted octanol–water partition coefficient (Wildman–Crippen LogP) is 1.81. The minimum Gasteiger partial charge on any atom is -0.481 e. The van der Waals surface area contributed by atoms with Crippen molar-refractivity contribution >= 4 is 17.6 Å². The van der Waals surface area contributed by atoms with E-state index in [1.54, 1.807) is 18.2 Å². The lowest BCUT2D eigenvalue weighted by molar-refractivity contribution is -0.137. The normalized spacial score (nSPS) is 11.9. The van der Waals surface area contributed by atoms with E-state index in [2.05, 4.69) is 5.32 Å². The van der Waals surface area contributed by atoms with Crippen molar-refractivity contribution in [2.24, 2.45) is 5.92 Å². The Balaban J connectivity index is 2.46. The van der Waals surface area contributed by atoms with Gasteiger partial charge in [0.25, 0.3) is 5.91 Å². The number of carbonyl (C=O) groups is 2. The van der Waals surface area contributed by atoms with Crippen LogP contribution in [0, 0.1) is 12.8 Å². The molecule has 0 radical (unpaired) electrons. The van der Waals surface area contributed by atoms with E-state index in [1.807, 2.05) is 13.8 Å². The molecule has 4 N–H and O–H groups in total. The third-order valence-electron chi connectivity index (χ3n) is 2.99. The van der Waals surface area contributed by atoms with Gasteiger partial charge in [0.2, 0.25) is 0 Å². The highest BCUT2D eigenvalue weighted by molar-refractivity contribution is 5.94. The lowest BCUT2D eigenvalue weighted by atomic mass is 10.1. The number of rotatable bonds is 6. The Hall–Kier alpha value is -2.04. The van der Waals surface area contributed by atoms with Crippen LogP contribution in [0.4, 0.5) is 5.69 Å². The largest absolute Gasteiger partial charge is 0.481 e. The number of nitrogens with one attached hydrogen (secondary N) is 1. The highest BCUT2D eigenvalue weighted by Gasteiger charge is 2.10. The molecule has 1 aromatic carbocycles. The molecule has 1 atom stereocenters. The molecule has 0 saturated heterocycles. The fourth-order valence-electron chi connectivity index (χ4n) is 1.66. The van der Waals surface area contributed by atoms with E-state index in [-0.39, 0.29) is 18.2 Å². The quantitative estimate of drug-likeness (QED) is 0.683. The highest BCUT2D eigenvalue weighted by atomic mass is 16.4. The molecule has 104 valence electrons. The molecule has 0 aliphatic heterocycles. The molecule has 1 aromatic rings. The minimum atomic E-state index is -0.813. The number of amides is 1. The number of nitrogen functional groups attached to an aromatic ring is 1. The summed E-state index contributed by atoms with van der Waals surface area (Å²) in [7, 11) is 0. The zero-order valence-electron chi connectivity index (χ0n) is 11.3. The van der Waals surface area contributed by atoms with Crippen LogP contribution in [-0.4, -0.2) is 23.5 Å². The van der Waals surface area contributed by atoms with E-state index >= 15 is 0 Å². The summed E-state index contributed by atoms with van der Waals surface area (Å²) in [5.41, 5.74) is 7.78. The summed E-state index contributed by atoms with van der Waals surface area (Å²) in [6.07, 6.45) is 0.675. The van der Waals surface area contributed by atoms with Gasteiger partial charge in [-0.15, -0.1) is 0 Å². The van der Waals surface area contributed by atoms with Gasteiger partial charge in [0, 0.05) is 24.2 Å². The van der Waals surface area contributed by atoms with Gasteiger partial charge < -0.3 is 16.2 Å². The maximum Gasteiger partial charge on any atom is 0.303 e. The number of aryl methyl sites for hydroxylation is 1. The van der Waals surface area contributed by atoms with Gasteiger partial charge in [-0.2, -0.15) is 0 Å². The Morgan fingerprint density at radius 2 is 2.11 bits per heavy atom. The Kier molecular flexibility index (Phi) is 5.36. The molecule has 0 spiro atoms. The maximum absolute atomic E-state index is 11.9. The molecule has 0 bridgehead atoms. The number of carbonyl (C=O) groups excluding carboxylic acids is 1. The first-order chi connectivity index (χ1) is 8.90. The number of hydrogen-bond acceptors (Lipinski definition) is 3. The summed E-state index contributed by atoms with van der Waals surface area (Å²) in [4.78, 5) is 22.3. The van der Waals surface area contributed by atoms with Crippen molar-refractivity contribution in [2.75, 3.05) is 12.3 Å². The van der Waals surface area contributed by atoms with E-state index < -0.39 is 5.97 Å². The van der Waals surface area contributed by atoms with Gasteiger partial charge in [-0.3, -0.25) is 9.59 Å². The number of aliphatic carboxylic acids is 1. The van der Waals surface area contributed by atoms with Crippen LogP contribution in [0.1, 0.15) is 35.7 Å². The van der Waals surface area contributed by atoms with E-state index in [9.17, 15) is 9.59 Å². The number of nitrogens with two attached hydrogens (primary N) is 1. The van der Waals surface area contributed by atoms with Crippen LogP contribution in [0.2, 0.25) is 0 Å². The first-order valence-corrected chi connectivity index (χ1v) is 6.26. The predicted molar refractivity (Wildman–Crippen MR) is 74.0 cm³/mol. The lowest BCUT2D eigenvalue weighted by Crippen LogP contribution is -2.28. The van der Waals surface area contributed by atoms with Crippen molar-refractivity contribution in [2.45, 2.75) is 26.7 Å². The molecule has 0 aliphatic rings. The van der Waals surface area contributed by atoms with E-state index in [0.29, 0.717) is 24.2 Å². The molecule has 0 fully saturated rings. The highest BCUT2D eigenvalue weighted by Crippen LogP contribution is 2.12. The molecule has 1 unspecified atom stereocenters. The third-order valence-corrected chi connectivity index (χ3v) is 2.99. The summed E-state index contributed by atoms with van der Waals surface area (Å²) in [6, 6.07) is 5.13. The van der Waals surface area contributed by atoms with Crippen LogP contribution >= 0.6 is 0 Å². The Labute approximate surface area is 112 Å². The van der Waals surface area contributed by atoms with Crippen molar-refractivity contribution in [1.82, 2.24) is 5.32 Å². The van der Waals surface area contributed by atoms with Crippen LogP contribution in [0.15, 0.2) is 18.2 Å². The molecule has 1 rings (SSSR count). The molecular weight excluding hydrogens is 244 g/mol. The number of anilines is 1. The van der Waals surface area contributed by atoms with Crippen molar-refractivity contribution < 1.29 is 14.7 Å². The Morgan fingerprint density at radius 3 is 2.68 bits per heavy atom. The van der Waals surface area contributed by atoms with Crippen molar-refractivity contribution in [3.63, 3.8) is 0 Å². The number of hydrogen-bond donors (Lipinski definition) is 3. The van der Waals surface area contributed by atoms with Gasteiger partial charge >= 0.3 is 5.97 Å². The van der Waals surface area contributed by atoms with Crippen LogP contribution in [0.25, 0.3) is 0 Å². The average Bonchev–Trinajstić information content (AvgIpc) is 2.36. The number of carboxylic acids is 1. The van der Waals surface area contributed by atoms with Gasteiger partial charge in [0.15, 0.2) is 0 Å². The third kappa shape index (κ3) is 4.99. The standard InChI is InChI=1S/C14H20N2O3/c1-9(3-6-13(17)18)8-16-14(19)11-4-5-12(15)10(2)7-11/h4-5,7,9H,3,6,8,15H2,1-2H3,(H,16,19)(H,17,18). The van der Waals surface area contributed by atoms with Crippen LogP contribution in [-0.2, 0) is 4.79 Å². The van der Waals surface area contributed by atoms with Crippen molar-refractivity contribution in [3.8, 4) is 0 Å². The summed E-state index contributed by atoms with van der Waals surface area (Å²) < 4.78 is 0. The van der Waals surface area contributed by atoms with Gasteiger partial charge in [-0.1, -0.05) is 6.92 Å². The fraction of sp³-hybridized carbons (Fsp3) is 0.429. The Morgan fingerprint density at radius 1 is 1.42 bits per heavy atom. The zero-order valence-corrected chi connectivity index (χ0v) is 11.3. The minimum absolute atomic E-state index is 0.123. The smallest absolute Gasteiger partial charge is 0.303 e. The molecule has 1 amide bonds. The van der Waals surface area contributed by atoms with Gasteiger partial charge in [0.1, 0.15) is 0 Å². The first-order valence-electron chi connectivity index (χ1n) is 6.26. The Bertz CT molecular complexity index is 472. The van der Waals surface area contributed by atoms with Crippen molar-refractivity contribution in [3.05, 3.63) is 29.3 Å². The van der Waals surface area contributed by atoms with Gasteiger partial charge in [-0.05, 0) is 43.0 Å². The number of carboxylic acid groups (broad SMARTS) is 1. The molecular formula is C14H20N2O3. The molecule has 5 nitrogen and oxygen atoms in total. The summed E-state index contributed by atoms with van der Waals surface area (Å²) >= 11 is 0. The maximum atomic E-state index is 11.9. The monoisotopic (exact) mass is 264 g/mol. The van der Waals surface area contributed by atoms with Gasteiger partial charge in [0.05, 0.1) is 0 Å². The van der Waals surface area contributed by atoms with Crippen LogP contribution in [0.3, 0.4) is 0 Å². The molecule has 5 heteroatoms. The van der Waals surface area contributed by atoms with Crippen LogP contribution in [0.5, 0.6) is 0 Å². The molecule has 0 aliphatic carbocycles. The molecule has 19 heavy (non-hydrogen) atoms. The van der Waals surface area contributed by atoms with E-state index in [1.165, 1.54) is 0 Å². The topological polar surface area (TPSA) is 92.4 Å². The second-order valence-electron chi connectivity index (χ2n) is 4.82. The summed E-state index contributed by atoms with van der Waals surface area (Å²) in [6.45, 7) is 4.23. The lowest BCUT2D eigenvalue weighted by Gasteiger charge is -2.12. The molecule has 0 heterocycles. The zero-order chi connectivity index (χ0) is 14.4. The average molecular weight is 264 g/mol. The molecule has 0 aromatic heterocycles. The van der Waals surface area contributed by atoms with Crippen LogP contribution < -0.4 is 11.1 Å². The summed E-state index contributed by atoms with van der Waals surface area (Å²) in [5.74, 6) is -0.840. The molecule has 0 saturated carbocycles. The summed E-state index contributed by atoms with van der Waals surface area (Å²) in [5, 5.41) is 11.4. The fourth-order valence-corrected chi connectivity index (χ4v) is 1.66. The second kappa shape index (κ2) is 6.78. The SMILES string of the molecule is Cc1cc(C(=O)NCC(C)CCC(=O)O)ccc1N. The van der Waals surface area contributed by atoms with Gasteiger partial charge in [-0.25, -0.2) is 0 Å². The number of benzene rings is 1. The van der Waals surface area contributed by atoms with E-state index in [0.717, 1.165) is 5.56 Å². The van der Waals surface area contributed by atoms with Crippen molar-refractivity contribution in [1.29, 1.82) is 0 Å². The van der Waals surface area contributed by atoms with E-state index in [4.69, 9.17) is 10.8 Å². The second-order valence-corrected chi connectivity index (χ2v) is 4.82. The first kappa shape index (κ1) is 15.0.